The molecule has 1 aromatic heterocycles. The lowest BCUT2D eigenvalue weighted by atomic mass is 9.87. The maximum absolute atomic E-state index is 13.3. The molecule has 0 unspecified atom stereocenters. The quantitative estimate of drug-likeness (QED) is 0.347. The number of benzene rings is 3. The number of H-pyrrole nitrogens is 1. The van der Waals surface area contributed by atoms with Gasteiger partial charge >= 0.3 is 6.03 Å². The molecule has 34 heavy (non-hydrogen) atoms. The maximum atomic E-state index is 13.3. The van der Waals surface area contributed by atoms with Crippen molar-refractivity contribution in [1.29, 1.82) is 5.26 Å². The summed E-state index contributed by atoms with van der Waals surface area (Å²) in [6, 6.07) is 25.6. The molecule has 4 aromatic rings. The SMILES string of the molecule is CC(C)(C)c1ccc(CN(CCc2c[nH]c3ccccc23)C(=O)Nc2cccc(C#N)c2)cc1. The van der Waals surface area contributed by atoms with E-state index in [1.54, 1.807) is 24.3 Å². The molecule has 0 aliphatic carbocycles. The second-order valence-corrected chi connectivity index (χ2v) is 9.60. The molecule has 0 aliphatic rings. The number of fused-ring (bicyclic) bond motifs is 1. The van der Waals surface area contributed by atoms with E-state index in [1.165, 1.54) is 16.5 Å². The zero-order valence-electron chi connectivity index (χ0n) is 19.9. The number of hydrogen-bond donors (Lipinski definition) is 2. The van der Waals surface area contributed by atoms with Gasteiger partial charge in [0.2, 0.25) is 0 Å². The molecular weight excluding hydrogens is 420 g/mol. The van der Waals surface area contributed by atoms with E-state index < -0.39 is 0 Å². The first-order valence-corrected chi connectivity index (χ1v) is 11.5. The average Bonchev–Trinajstić information content (AvgIpc) is 3.24. The van der Waals surface area contributed by atoms with Crippen molar-refractivity contribution in [3.8, 4) is 6.07 Å². The number of aromatic amines is 1. The molecule has 0 atom stereocenters. The first-order chi connectivity index (χ1) is 16.3. The van der Waals surface area contributed by atoms with Crippen molar-refractivity contribution in [2.24, 2.45) is 0 Å². The molecule has 2 amide bonds. The van der Waals surface area contributed by atoms with Crippen molar-refractivity contribution in [3.63, 3.8) is 0 Å². The number of amides is 2. The zero-order valence-corrected chi connectivity index (χ0v) is 19.9. The number of nitrogens with zero attached hydrogens (tertiary/aromatic N) is 2. The van der Waals surface area contributed by atoms with Crippen LogP contribution in [0, 0.1) is 11.3 Å². The number of carbonyl (C=O) groups is 1. The standard InChI is InChI=1S/C29H30N4O/c1-29(2,3)24-13-11-21(12-14-24)20-33(28(34)32-25-8-6-7-22(17-25)18-30)16-15-23-19-31-27-10-5-4-9-26(23)27/h4-14,17,19,31H,15-16,20H2,1-3H3,(H,32,34). The Labute approximate surface area is 201 Å². The molecule has 0 fully saturated rings. The van der Waals surface area contributed by atoms with E-state index in [0.717, 1.165) is 17.5 Å². The van der Waals surface area contributed by atoms with Crippen LogP contribution in [0.5, 0.6) is 0 Å². The van der Waals surface area contributed by atoms with E-state index in [9.17, 15) is 10.1 Å². The monoisotopic (exact) mass is 450 g/mol. The largest absolute Gasteiger partial charge is 0.361 e. The summed E-state index contributed by atoms with van der Waals surface area (Å²) in [5.41, 5.74) is 5.83. The summed E-state index contributed by atoms with van der Waals surface area (Å²) < 4.78 is 0. The minimum absolute atomic E-state index is 0.0800. The molecular formula is C29H30N4O. The van der Waals surface area contributed by atoms with Gasteiger partial charge in [0.15, 0.2) is 0 Å². The number of aromatic nitrogens is 1. The van der Waals surface area contributed by atoms with Gasteiger partial charge in [0.1, 0.15) is 0 Å². The zero-order chi connectivity index (χ0) is 24.1. The first-order valence-electron chi connectivity index (χ1n) is 11.5. The molecule has 0 aliphatic heterocycles. The molecule has 3 aromatic carbocycles. The van der Waals surface area contributed by atoms with Crippen LogP contribution < -0.4 is 5.32 Å². The van der Waals surface area contributed by atoms with E-state index in [1.807, 2.05) is 23.2 Å². The predicted molar refractivity (Wildman–Crippen MR) is 138 cm³/mol. The van der Waals surface area contributed by atoms with Crippen molar-refractivity contribution in [1.82, 2.24) is 9.88 Å². The van der Waals surface area contributed by atoms with Crippen molar-refractivity contribution in [3.05, 3.63) is 101 Å². The van der Waals surface area contributed by atoms with Crippen molar-refractivity contribution in [2.75, 3.05) is 11.9 Å². The van der Waals surface area contributed by atoms with E-state index in [0.29, 0.717) is 24.3 Å². The Morgan fingerprint density at radius 2 is 1.79 bits per heavy atom. The highest BCUT2D eigenvalue weighted by molar-refractivity contribution is 5.89. The summed E-state index contributed by atoms with van der Waals surface area (Å²) in [6.07, 6.45) is 2.75. The predicted octanol–water partition coefficient (Wildman–Crippen LogP) is 6.61. The minimum Gasteiger partial charge on any atom is -0.361 e. The Morgan fingerprint density at radius 3 is 2.53 bits per heavy atom. The molecule has 1 heterocycles. The van der Waals surface area contributed by atoms with Crippen LogP contribution in [0.1, 0.15) is 43.0 Å². The number of urea groups is 1. The highest BCUT2D eigenvalue weighted by Crippen LogP contribution is 2.23. The second kappa shape index (κ2) is 9.84. The van der Waals surface area contributed by atoms with E-state index in [4.69, 9.17) is 0 Å². The number of carbonyl (C=O) groups excluding carboxylic acids is 1. The third-order valence-corrected chi connectivity index (χ3v) is 6.05. The fraction of sp³-hybridized carbons (Fsp3) is 0.241. The van der Waals surface area contributed by atoms with E-state index >= 15 is 0 Å². The first kappa shape index (κ1) is 23.1. The number of hydrogen-bond acceptors (Lipinski definition) is 2. The van der Waals surface area contributed by atoms with Crippen LogP contribution in [-0.4, -0.2) is 22.5 Å². The minimum atomic E-state index is -0.185. The number of nitrogens with one attached hydrogen (secondary N) is 2. The lowest BCUT2D eigenvalue weighted by Crippen LogP contribution is -2.36. The molecule has 2 N–H and O–H groups in total. The van der Waals surface area contributed by atoms with Crippen molar-refractivity contribution in [2.45, 2.75) is 39.2 Å². The van der Waals surface area contributed by atoms with Crippen LogP contribution in [0.25, 0.3) is 10.9 Å². The van der Waals surface area contributed by atoms with E-state index in [2.05, 4.69) is 73.5 Å². The Bertz CT molecular complexity index is 1320. The average molecular weight is 451 g/mol. The van der Waals surface area contributed by atoms with Crippen LogP contribution in [0.2, 0.25) is 0 Å². The smallest absolute Gasteiger partial charge is 0.322 e. The highest BCUT2D eigenvalue weighted by atomic mass is 16.2. The third-order valence-electron chi connectivity index (χ3n) is 6.05. The fourth-order valence-electron chi connectivity index (χ4n) is 4.05. The van der Waals surface area contributed by atoms with Crippen LogP contribution in [0.4, 0.5) is 10.5 Å². The third kappa shape index (κ3) is 5.47. The van der Waals surface area contributed by atoms with Gasteiger partial charge in [-0.2, -0.15) is 5.26 Å². The highest BCUT2D eigenvalue weighted by Gasteiger charge is 2.17. The Kier molecular flexibility index (Phi) is 6.70. The molecule has 5 heteroatoms. The topological polar surface area (TPSA) is 71.9 Å². The van der Waals surface area contributed by atoms with Gasteiger partial charge in [-0.25, -0.2) is 4.79 Å². The molecule has 5 nitrogen and oxygen atoms in total. The lowest BCUT2D eigenvalue weighted by Gasteiger charge is -2.24. The summed E-state index contributed by atoms with van der Waals surface area (Å²) in [4.78, 5) is 18.4. The molecule has 0 saturated heterocycles. The van der Waals surface area contributed by atoms with Gasteiger partial charge in [0, 0.05) is 35.9 Å². The van der Waals surface area contributed by atoms with Gasteiger partial charge in [-0.1, -0.05) is 69.3 Å². The van der Waals surface area contributed by atoms with Crippen molar-refractivity contribution < 1.29 is 4.79 Å². The fourth-order valence-corrected chi connectivity index (χ4v) is 4.05. The van der Waals surface area contributed by atoms with E-state index in [-0.39, 0.29) is 11.4 Å². The molecule has 0 saturated carbocycles. The lowest BCUT2D eigenvalue weighted by molar-refractivity contribution is 0.210. The number of anilines is 1. The molecule has 0 bridgehead atoms. The Morgan fingerprint density at radius 1 is 1.03 bits per heavy atom. The summed E-state index contributed by atoms with van der Waals surface area (Å²) in [6.45, 7) is 7.64. The van der Waals surface area contributed by atoms with Crippen LogP contribution in [0.3, 0.4) is 0 Å². The summed E-state index contributed by atoms with van der Waals surface area (Å²) in [5.74, 6) is 0. The maximum Gasteiger partial charge on any atom is 0.322 e. The summed E-state index contributed by atoms with van der Waals surface area (Å²) in [5, 5.41) is 13.3. The number of nitriles is 1. The van der Waals surface area contributed by atoms with Gasteiger partial charge < -0.3 is 15.2 Å². The van der Waals surface area contributed by atoms with Gasteiger partial charge in [0.25, 0.3) is 0 Å². The molecule has 0 spiro atoms. The number of para-hydroxylation sites is 1. The van der Waals surface area contributed by atoms with Gasteiger partial charge in [-0.15, -0.1) is 0 Å². The van der Waals surface area contributed by atoms with Crippen LogP contribution in [0.15, 0.2) is 79.0 Å². The van der Waals surface area contributed by atoms with Gasteiger partial charge in [-0.3, -0.25) is 0 Å². The van der Waals surface area contributed by atoms with Crippen LogP contribution in [-0.2, 0) is 18.4 Å². The number of rotatable bonds is 6. The van der Waals surface area contributed by atoms with Crippen molar-refractivity contribution >= 4 is 22.6 Å². The Hall–Kier alpha value is -4.04. The summed E-state index contributed by atoms with van der Waals surface area (Å²) in [7, 11) is 0. The molecule has 4 rings (SSSR count). The second-order valence-electron chi connectivity index (χ2n) is 9.60. The molecule has 0 radical (unpaired) electrons. The molecule has 172 valence electrons. The van der Waals surface area contributed by atoms with Gasteiger partial charge in [-0.05, 0) is 52.8 Å². The van der Waals surface area contributed by atoms with Gasteiger partial charge in [0.05, 0.1) is 11.6 Å². The Balaban J connectivity index is 1.54. The normalized spacial score (nSPS) is 11.2. The summed E-state index contributed by atoms with van der Waals surface area (Å²) >= 11 is 0. The van der Waals surface area contributed by atoms with Crippen LogP contribution >= 0.6 is 0 Å².